The van der Waals surface area contributed by atoms with Gasteiger partial charge in [-0.05, 0) is 84.0 Å². The van der Waals surface area contributed by atoms with Gasteiger partial charge in [-0.15, -0.1) is 0 Å². The van der Waals surface area contributed by atoms with Gasteiger partial charge in [0.15, 0.2) is 0 Å². The second-order valence-electron chi connectivity index (χ2n) is 11.6. The van der Waals surface area contributed by atoms with Gasteiger partial charge >= 0.3 is 0 Å². The highest BCUT2D eigenvalue weighted by Crippen LogP contribution is 2.63. The van der Waals surface area contributed by atoms with Crippen molar-refractivity contribution in [2.75, 3.05) is 7.05 Å². The van der Waals surface area contributed by atoms with Crippen LogP contribution >= 0.6 is 0 Å². The Labute approximate surface area is 183 Å². The van der Waals surface area contributed by atoms with E-state index < -0.39 is 0 Å². The maximum atomic E-state index is 13.7. The van der Waals surface area contributed by atoms with Crippen molar-refractivity contribution in [3.63, 3.8) is 0 Å². The Kier molecular flexibility index (Phi) is 5.38. The zero-order valence-corrected chi connectivity index (χ0v) is 20.3. The van der Waals surface area contributed by atoms with Crippen molar-refractivity contribution in [3.8, 4) is 0 Å². The van der Waals surface area contributed by atoms with Crippen LogP contribution in [0.4, 0.5) is 0 Å². The van der Waals surface area contributed by atoms with Gasteiger partial charge in [0.1, 0.15) is 0 Å². The Morgan fingerprint density at radius 1 is 1.00 bits per heavy atom. The molecule has 168 valence electrons. The minimum atomic E-state index is 0.0323. The van der Waals surface area contributed by atoms with E-state index in [-0.39, 0.29) is 28.8 Å². The Balaban J connectivity index is 1.67. The van der Waals surface area contributed by atoms with E-state index in [1.807, 2.05) is 7.05 Å². The Bertz CT molecular complexity index is 761. The summed E-state index contributed by atoms with van der Waals surface area (Å²) in [4.78, 5) is 30.2. The van der Waals surface area contributed by atoms with E-state index in [0.717, 1.165) is 38.5 Å². The van der Waals surface area contributed by atoms with Gasteiger partial charge in [0.2, 0.25) is 11.8 Å². The number of hydrogen-bond donors (Lipinski definition) is 0. The largest absolute Gasteiger partial charge is 0.342 e. The molecule has 0 aromatic carbocycles. The number of amides is 2. The van der Waals surface area contributed by atoms with Crippen LogP contribution in [0.25, 0.3) is 0 Å². The van der Waals surface area contributed by atoms with E-state index in [1.54, 1.807) is 11.1 Å². The maximum absolute atomic E-state index is 13.7. The van der Waals surface area contributed by atoms with Gasteiger partial charge < -0.3 is 9.80 Å². The number of nitrogens with zero attached hydrogens (tertiary/aromatic N) is 2. The number of likely N-dealkylation sites (tertiary alicyclic amines) is 1. The minimum Gasteiger partial charge on any atom is -0.342 e. The van der Waals surface area contributed by atoms with Gasteiger partial charge in [0.25, 0.3) is 0 Å². The first-order valence-corrected chi connectivity index (χ1v) is 12.3. The summed E-state index contributed by atoms with van der Waals surface area (Å²) in [7, 11) is 2.02. The molecule has 0 unspecified atom stereocenters. The number of piperidine rings is 1. The monoisotopic (exact) mass is 414 g/mol. The van der Waals surface area contributed by atoms with Crippen molar-refractivity contribution >= 4 is 11.8 Å². The second-order valence-corrected chi connectivity index (χ2v) is 11.6. The van der Waals surface area contributed by atoms with E-state index in [1.165, 1.54) is 6.42 Å². The molecule has 4 aliphatic rings. The highest BCUT2D eigenvalue weighted by atomic mass is 16.2. The van der Waals surface area contributed by atoms with E-state index >= 15 is 0 Å². The van der Waals surface area contributed by atoms with Crippen molar-refractivity contribution < 1.29 is 9.59 Å². The van der Waals surface area contributed by atoms with Crippen molar-refractivity contribution in [1.82, 2.24) is 9.80 Å². The molecule has 4 rings (SSSR count). The van der Waals surface area contributed by atoms with Gasteiger partial charge in [-0.3, -0.25) is 9.59 Å². The van der Waals surface area contributed by atoms with Gasteiger partial charge in [-0.2, -0.15) is 0 Å². The number of hydrogen-bond acceptors (Lipinski definition) is 2. The van der Waals surface area contributed by atoms with Crippen LogP contribution in [0.3, 0.4) is 0 Å². The summed E-state index contributed by atoms with van der Waals surface area (Å²) >= 11 is 0. The van der Waals surface area contributed by atoms with Gasteiger partial charge in [-0.1, -0.05) is 25.0 Å². The fourth-order valence-corrected chi connectivity index (χ4v) is 8.08. The van der Waals surface area contributed by atoms with Crippen LogP contribution in [-0.4, -0.2) is 46.8 Å². The predicted molar refractivity (Wildman–Crippen MR) is 121 cm³/mol. The molecule has 0 N–H and O–H groups in total. The van der Waals surface area contributed by atoms with Crippen LogP contribution in [0.2, 0.25) is 0 Å². The van der Waals surface area contributed by atoms with E-state index in [4.69, 9.17) is 0 Å². The molecule has 2 saturated carbocycles. The molecule has 5 atom stereocenters. The normalized spacial score (nSPS) is 38.6. The van der Waals surface area contributed by atoms with Crippen molar-refractivity contribution in [2.45, 2.75) is 111 Å². The number of rotatable bonds is 3. The molecule has 1 saturated heterocycles. The first-order chi connectivity index (χ1) is 14.0. The Hall–Kier alpha value is -1.32. The van der Waals surface area contributed by atoms with E-state index in [2.05, 4.69) is 51.3 Å². The summed E-state index contributed by atoms with van der Waals surface area (Å²) in [6.45, 7) is 13.4. The molecular formula is C26H42N2O2. The number of allylic oxidation sites excluding steroid dienone is 2. The molecule has 0 aromatic rings. The molecule has 1 aliphatic heterocycles. The summed E-state index contributed by atoms with van der Waals surface area (Å²) in [5, 5.41) is 0. The summed E-state index contributed by atoms with van der Waals surface area (Å²) in [6, 6.07) is 0.881. The molecular weight excluding hydrogens is 372 g/mol. The van der Waals surface area contributed by atoms with Crippen molar-refractivity contribution in [1.29, 1.82) is 0 Å². The van der Waals surface area contributed by atoms with Crippen molar-refractivity contribution in [2.24, 2.45) is 22.7 Å². The molecule has 4 nitrogen and oxygen atoms in total. The third-order valence-corrected chi connectivity index (χ3v) is 9.55. The smallest absolute Gasteiger partial charge is 0.227 e. The summed E-state index contributed by atoms with van der Waals surface area (Å²) < 4.78 is 0. The van der Waals surface area contributed by atoms with E-state index in [9.17, 15) is 9.59 Å². The first kappa shape index (κ1) is 21.9. The molecule has 0 spiro atoms. The molecule has 0 bridgehead atoms. The third kappa shape index (κ3) is 2.99. The average Bonchev–Trinajstić information content (AvgIpc) is 3.01. The number of carbonyl (C=O) groups excluding carboxylic acids is 2. The zero-order chi connectivity index (χ0) is 22.0. The van der Waals surface area contributed by atoms with Crippen LogP contribution in [0.5, 0.6) is 0 Å². The second kappa shape index (κ2) is 7.38. The SMILES string of the molecule is CC(C)N(C(=O)[C@H]1CCC2=C3CC[C@H]4N(C)C(=O)CC[C@]4(C)[C@H]3CC[C@@]21C)C(C)C. The quantitative estimate of drug-likeness (QED) is 0.597. The Morgan fingerprint density at radius 3 is 2.30 bits per heavy atom. The predicted octanol–water partition coefficient (Wildman–Crippen LogP) is 5.18. The topological polar surface area (TPSA) is 40.6 Å². The minimum absolute atomic E-state index is 0.0323. The van der Waals surface area contributed by atoms with Crippen molar-refractivity contribution in [3.05, 3.63) is 11.1 Å². The van der Waals surface area contributed by atoms with Crippen LogP contribution in [-0.2, 0) is 9.59 Å². The van der Waals surface area contributed by atoms with Crippen LogP contribution in [0.1, 0.15) is 92.9 Å². The van der Waals surface area contributed by atoms with Crippen LogP contribution in [0, 0.1) is 22.7 Å². The number of carbonyl (C=O) groups is 2. The highest BCUT2D eigenvalue weighted by Gasteiger charge is 2.57. The van der Waals surface area contributed by atoms with E-state index in [0.29, 0.717) is 30.2 Å². The maximum Gasteiger partial charge on any atom is 0.227 e. The lowest BCUT2D eigenvalue weighted by Crippen LogP contribution is -2.58. The summed E-state index contributed by atoms with van der Waals surface area (Å²) in [5.74, 6) is 1.42. The van der Waals surface area contributed by atoms with Gasteiger partial charge in [0, 0.05) is 42.9 Å². The molecule has 0 aromatic heterocycles. The molecule has 3 fully saturated rings. The lowest BCUT2D eigenvalue weighted by molar-refractivity contribution is -0.146. The fourth-order valence-electron chi connectivity index (χ4n) is 8.08. The zero-order valence-electron chi connectivity index (χ0n) is 20.3. The average molecular weight is 415 g/mol. The fraction of sp³-hybridized carbons (Fsp3) is 0.846. The molecule has 30 heavy (non-hydrogen) atoms. The number of fused-ring (bicyclic) bond motifs is 4. The van der Waals surface area contributed by atoms with Crippen LogP contribution in [0.15, 0.2) is 11.1 Å². The van der Waals surface area contributed by atoms with Gasteiger partial charge in [0.05, 0.1) is 0 Å². The Morgan fingerprint density at radius 2 is 1.67 bits per heavy atom. The summed E-state index contributed by atoms with van der Waals surface area (Å²) in [6.07, 6.45) is 8.33. The lowest BCUT2D eigenvalue weighted by Gasteiger charge is -2.58. The lowest BCUT2D eigenvalue weighted by atomic mass is 9.52. The van der Waals surface area contributed by atoms with Crippen LogP contribution < -0.4 is 0 Å². The summed E-state index contributed by atoms with van der Waals surface area (Å²) in [5.41, 5.74) is 3.55. The molecule has 4 heteroatoms. The standard InChI is InChI=1S/C26H42N2O2/c1-16(2)28(17(3)4)24(30)21-10-9-19-18-8-11-22-26(6,15-13-23(29)27(22)7)20(18)12-14-25(19,21)5/h16-17,20-22H,8-15H2,1-7H3/t20-,21+,22+,25-,26+/m0/s1. The molecule has 2 amide bonds. The first-order valence-electron chi connectivity index (χ1n) is 12.3. The molecule has 3 aliphatic carbocycles. The third-order valence-electron chi connectivity index (χ3n) is 9.55. The highest BCUT2D eigenvalue weighted by molar-refractivity contribution is 5.82. The van der Waals surface area contributed by atoms with Gasteiger partial charge in [-0.25, -0.2) is 0 Å². The molecule has 0 radical (unpaired) electrons. The molecule has 1 heterocycles.